The lowest BCUT2D eigenvalue weighted by atomic mass is 9.85. The standard InChI is InChI=1S/C46H31N/c1-3-17-34(18-4-1)45-41-26-12-11-25-39(41)40-30-29-36(31-42(40)46(45)35-19-5-2-6-20-35)47(43-27-13-21-32-15-7-9-23-37(32)43)44-28-14-22-33-16-8-10-24-38(33)44/h1-31H. The van der Waals surface area contributed by atoms with Gasteiger partial charge in [-0.2, -0.15) is 0 Å². The molecule has 0 atom stereocenters. The Morgan fingerprint density at radius 2 is 0.702 bits per heavy atom. The van der Waals surface area contributed by atoms with Crippen LogP contribution in [0.2, 0.25) is 0 Å². The molecule has 9 aromatic carbocycles. The van der Waals surface area contributed by atoms with E-state index in [9.17, 15) is 0 Å². The van der Waals surface area contributed by atoms with E-state index in [1.165, 1.54) is 65.3 Å². The second-order valence-electron chi connectivity index (χ2n) is 12.1. The smallest absolute Gasteiger partial charge is 0.0540 e. The Labute approximate surface area is 274 Å². The summed E-state index contributed by atoms with van der Waals surface area (Å²) in [6.07, 6.45) is 0. The molecule has 0 aliphatic heterocycles. The fourth-order valence-electron chi connectivity index (χ4n) is 7.34. The molecule has 220 valence electrons. The number of benzene rings is 9. The number of fused-ring (bicyclic) bond motifs is 5. The minimum Gasteiger partial charge on any atom is -0.309 e. The van der Waals surface area contributed by atoms with Gasteiger partial charge in [0.15, 0.2) is 0 Å². The molecule has 1 heteroatoms. The van der Waals surface area contributed by atoms with Crippen LogP contribution in [0, 0.1) is 0 Å². The molecule has 0 fully saturated rings. The zero-order valence-electron chi connectivity index (χ0n) is 25.8. The summed E-state index contributed by atoms with van der Waals surface area (Å²) in [7, 11) is 0. The van der Waals surface area contributed by atoms with E-state index in [2.05, 4.69) is 193 Å². The lowest BCUT2D eigenvalue weighted by molar-refractivity contribution is 1.32. The minimum atomic E-state index is 1.12. The van der Waals surface area contributed by atoms with Gasteiger partial charge in [-0.3, -0.25) is 0 Å². The van der Waals surface area contributed by atoms with Crippen LogP contribution in [0.1, 0.15) is 0 Å². The highest BCUT2D eigenvalue weighted by Gasteiger charge is 2.21. The zero-order valence-corrected chi connectivity index (χ0v) is 25.8. The first-order valence-electron chi connectivity index (χ1n) is 16.2. The van der Waals surface area contributed by atoms with Gasteiger partial charge in [-0.15, -0.1) is 0 Å². The van der Waals surface area contributed by atoms with Crippen molar-refractivity contribution in [3.05, 3.63) is 188 Å². The summed E-state index contributed by atoms with van der Waals surface area (Å²) in [6, 6.07) is 68.3. The van der Waals surface area contributed by atoms with Crippen molar-refractivity contribution in [2.45, 2.75) is 0 Å². The van der Waals surface area contributed by atoms with E-state index >= 15 is 0 Å². The highest BCUT2D eigenvalue weighted by molar-refractivity contribution is 6.22. The molecular formula is C46H31N. The van der Waals surface area contributed by atoms with Gasteiger partial charge in [-0.05, 0) is 78.8 Å². The van der Waals surface area contributed by atoms with E-state index in [-0.39, 0.29) is 0 Å². The van der Waals surface area contributed by atoms with Crippen molar-refractivity contribution in [3.63, 3.8) is 0 Å². The highest BCUT2D eigenvalue weighted by atomic mass is 15.1. The fraction of sp³-hybridized carbons (Fsp3) is 0. The van der Waals surface area contributed by atoms with Gasteiger partial charge < -0.3 is 4.90 Å². The van der Waals surface area contributed by atoms with Gasteiger partial charge in [-0.1, -0.05) is 164 Å². The molecule has 0 saturated carbocycles. The summed E-state index contributed by atoms with van der Waals surface area (Å²) in [5, 5.41) is 9.88. The van der Waals surface area contributed by atoms with Crippen LogP contribution in [0.25, 0.3) is 65.3 Å². The molecule has 0 aliphatic rings. The number of anilines is 3. The Hall–Kier alpha value is -6.18. The summed E-state index contributed by atoms with van der Waals surface area (Å²) >= 11 is 0. The normalized spacial score (nSPS) is 11.4. The zero-order chi connectivity index (χ0) is 31.2. The van der Waals surface area contributed by atoms with Crippen LogP contribution in [-0.2, 0) is 0 Å². The van der Waals surface area contributed by atoms with Gasteiger partial charge >= 0.3 is 0 Å². The summed E-state index contributed by atoms with van der Waals surface area (Å²) in [6.45, 7) is 0. The van der Waals surface area contributed by atoms with Crippen molar-refractivity contribution in [2.75, 3.05) is 4.90 Å². The van der Waals surface area contributed by atoms with Crippen LogP contribution in [0.15, 0.2) is 188 Å². The number of nitrogens with zero attached hydrogens (tertiary/aromatic N) is 1. The van der Waals surface area contributed by atoms with E-state index in [0.717, 1.165) is 17.1 Å². The van der Waals surface area contributed by atoms with Gasteiger partial charge in [0, 0.05) is 16.5 Å². The topological polar surface area (TPSA) is 3.24 Å². The summed E-state index contributed by atoms with van der Waals surface area (Å²) < 4.78 is 0. The van der Waals surface area contributed by atoms with Crippen molar-refractivity contribution in [1.82, 2.24) is 0 Å². The molecular weight excluding hydrogens is 567 g/mol. The second-order valence-corrected chi connectivity index (χ2v) is 12.1. The highest BCUT2D eigenvalue weighted by Crippen LogP contribution is 2.48. The first kappa shape index (κ1) is 27.2. The number of hydrogen-bond acceptors (Lipinski definition) is 1. The molecule has 0 saturated heterocycles. The van der Waals surface area contributed by atoms with Crippen molar-refractivity contribution in [1.29, 1.82) is 0 Å². The molecule has 47 heavy (non-hydrogen) atoms. The van der Waals surface area contributed by atoms with E-state index in [1.54, 1.807) is 0 Å². The fourth-order valence-corrected chi connectivity index (χ4v) is 7.34. The van der Waals surface area contributed by atoms with Gasteiger partial charge in [0.1, 0.15) is 0 Å². The summed E-state index contributed by atoms with van der Waals surface area (Å²) in [4.78, 5) is 2.45. The van der Waals surface area contributed by atoms with Gasteiger partial charge in [-0.25, -0.2) is 0 Å². The Kier molecular flexibility index (Phi) is 6.54. The van der Waals surface area contributed by atoms with Crippen molar-refractivity contribution in [3.8, 4) is 22.3 Å². The van der Waals surface area contributed by atoms with Crippen molar-refractivity contribution < 1.29 is 0 Å². The lowest BCUT2D eigenvalue weighted by Crippen LogP contribution is -2.11. The largest absolute Gasteiger partial charge is 0.309 e. The van der Waals surface area contributed by atoms with Crippen LogP contribution in [0.4, 0.5) is 17.1 Å². The van der Waals surface area contributed by atoms with E-state index in [0.29, 0.717) is 0 Å². The second kappa shape index (κ2) is 11.3. The van der Waals surface area contributed by atoms with Gasteiger partial charge in [0.25, 0.3) is 0 Å². The molecule has 0 unspecified atom stereocenters. The maximum atomic E-state index is 2.45. The number of hydrogen-bond donors (Lipinski definition) is 0. The third-order valence-electron chi connectivity index (χ3n) is 9.41. The van der Waals surface area contributed by atoms with Crippen LogP contribution in [0.5, 0.6) is 0 Å². The molecule has 0 spiro atoms. The molecule has 0 heterocycles. The predicted molar refractivity (Wildman–Crippen MR) is 202 cm³/mol. The Morgan fingerprint density at radius 1 is 0.277 bits per heavy atom. The maximum Gasteiger partial charge on any atom is 0.0540 e. The minimum absolute atomic E-state index is 1.12. The SMILES string of the molecule is c1ccc(-c2c(-c3ccccc3)c3cc(N(c4cccc5ccccc45)c4cccc5ccccc45)ccc3c3ccccc23)cc1. The summed E-state index contributed by atoms with van der Waals surface area (Å²) in [5.74, 6) is 0. The molecule has 9 aromatic rings. The first-order valence-corrected chi connectivity index (χ1v) is 16.2. The molecule has 1 nitrogen and oxygen atoms in total. The first-order chi connectivity index (χ1) is 23.3. The average Bonchev–Trinajstić information content (AvgIpc) is 3.15. The third-order valence-corrected chi connectivity index (χ3v) is 9.41. The monoisotopic (exact) mass is 597 g/mol. The van der Waals surface area contributed by atoms with Crippen LogP contribution >= 0.6 is 0 Å². The molecule has 0 amide bonds. The van der Waals surface area contributed by atoms with Crippen LogP contribution < -0.4 is 4.90 Å². The van der Waals surface area contributed by atoms with Crippen LogP contribution in [-0.4, -0.2) is 0 Å². The molecule has 0 radical (unpaired) electrons. The third kappa shape index (κ3) is 4.56. The molecule has 0 bridgehead atoms. The molecule has 0 aromatic heterocycles. The van der Waals surface area contributed by atoms with Crippen molar-refractivity contribution in [2.24, 2.45) is 0 Å². The Bertz CT molecular complexity index is 2480. The van der Waals surface area contributed by atoms with Gasteiger partial charge in [0.2, 0.25) is 0 Å². The predicted octanol–water partition coefficient (Wildman–Crippen LogP) is 13.1. The number of rotatable bonds is 5. The Morgan fingerprint density at radius 3 is 1.28 bits per heavy atom. The quantitative estimate of drug-likeness (QED) is 0.178. The van der Waals surface area contributed by atoms with E-state index in [1.807, 2.05) is 0 Å². The van der Waals surface area contributed by atoms with Crippen LogP contribution in [0.3, 0.4) is 0 Å². The van der Waals surface area contributed by atoms with E-state index < -0.39 is 0 Å². The maximum absolute atomic E-state index is 2.45. The molecule has 0 N–H and O–H groups in total. The van der Waals surface area contributed by atoms with E-state index in [4.69, 9.17) is 0 Å². The molecule has 9 rings (SSSR count). The van der Waals surface area contributed by atoms with Crippen molar-refractivity contribution >= 4 is 60.2 Å². The summed E-state index contributed by atoms with van der Waals surface area (Å²) in [5.41, 5.74) is 8.38. The lowest BCUT2D eigenvalue weighted by Gasteiger charge is -2.29. The molecule has 0 aliphatic carbocycles. The average molecular weight is 598 g/mol. The Balaban J connectivity index is 1.43. The van der Waals surface area contributed by atoms with Gasteiger partial charge in [0.05, 0.1) is 11.4 Å².